The topological polar surface area (TPSA) is 99.6 Å². The van der Waals surface area contributed by atoms with Gasteiger partial charge in [-0.05, 0) is 35.9 Å². The van der Waals surface area contributed by atoms with Gasteiger partial charge in [-0.1, -0.05) is 24.3 Å². The summed E-state index contributed by atoms with van der Waals surface area (Å²) in [6, 6.07) is 15.6. The average molecular weight is 336 g/mol. The van der Waals surface area contributed by atoms with Crippen LogP contribution in [0, 0.1) is 0 Å². The highest BCUT2D eigenvalue weighted by Crippen LogP contribution is 2.28. The second kappa shape index (κ2) is 7.31. The predicted molar refractivity (Wildman–Crippen MR) is 93.7 cm³/mol. The third-order valence-corrected chi connectivity index (χ3v) is 3.46. The molecule has 1 aromatic heterocycles. The number of hydrogen-bond acceptors (Lipinski definition) is 5. The van der Waals surface area contributed by atoms with Crippen molar-refractivity contribution in [2.24, 2.45) is 5.10 Å². The maximum absolute atomic E-state index is 12.1. The summed E-state index contributed by atoms with van der Waals surface area (Å²) in [7, 11) is 1.58. The summed E-state index contributed by atoms with van der Waals surface area (Å²) >= 11 is 0. The number of H-pyrrole nitrogens is 1. The summed E-state index contributed by atoms with van der Waals surface area (Å²) in [6.07, 6.45) is 1.44. The number of hydrogen-bond donors (Lipinski definition) is 3. The van der Waals surface area contributed by atoms with E-state index < -0.39 is 5.91 Å². The van der Waals surface area contributed by atoms with E-state index in [-0.39, 0.29) is 11.4 Å². The number of amides is 1. The molecule has 0 aliphatic carbocycles. The molecule has 0 aliphatic rings. The number of carbonyl (C=O) groups is 1. The van der Waals surface area contributed by atoms with Crippen LogP contribution in [-0.4, -0.2) is 34.5 Å². The summed E-state index contributed by atoms with van der Waals surface area (Å²) in [5.74, 6) is 0.373. The van der Waals surface area contributed by atoms with Gasteiger partial charge in [-0.15, -0.1) is 0 Å². The van der Waals surface area contributed by atoms with E-state index in [4.69, 9.17) is 4.74 Å². The van der Waals surface area contributed by atoms with Crippen LogP contribution in [0.2, 0.25) is 0 Å². The highest BCUT2D eigenvalue weighted by Gasteiger charge is 2.13. The fourth-order valence-electron chi connectivity index (χ4n) is 2.26. The molecule has 126 valence electrons. The second-order valence-corrected chi connectivity index (χ2v) is 5.16. The normalized spacial score (nSPS) is 10.8. The van der Waals surface area contributed by atoms with Gasteiger partial charge in [0, 0.05) is 5.56 Å². The Bertz CT molecular complexity index is 918. The number of benzene rings is 2. The van der Waals surface area contributed by atoms with Crippen LogP contribution in [0.4, 0.5) is 0 Å². The number of nitrogens with one attached hydrogen (secondary N) is 2. The number of aromatic amines is 1. The van der Waals surface area contributed by atoms with Crippen LogP contribution in [0.3, 0.4) is 0 Å². The molecule has 0 atom stereocenters. The van der Waals surface area contributed by atoms with Crippen molar-refractivity contribution in [3.05, 3.63) is 65.9 Å². The Balaban J connectivity index is 1.70. The van der Waals surface area contributed by atoms with Crippen LogP contribution in [0.1, 0.15) is 16.1 Å². The smallest absolute Gasteiger partial charge is 0.289 e. The maximum atomic E-state index is 12.1. The van der Waals surface area contributed by atoms with Gasteiger partial charge in [0.15, 0.2) is 0 Å². The first-order valence-electron chi connectivity index (χ1n) is 7.48. The molecule has 0 bridgehead atoms. The van der Waals surface area contributed by atoms with Crippen molar-refractivity contribution in [3.8, 4) is 22.8 Å². The van der Waals surface area contributed by atoms with E-state index in [9.17, 15) is 9.90 Å². The molecule has 0 unspecified atom stereocenters. The monoisotopic (exact) mass is 336 g/mol. The summed E-state index contributed by atoms with van der Waals surface area (Å²) in [5.41, 5.74) is 4.72. The Morgan fingerprint density at radius 2 is 2.08 bits per heavy atom. The standard InChI is InChI=1S/C18H16N4O3/c1-25-17-8-3-2-7-14(17)15-10-16(21-20-15)18(24)22-19-11-12-5-4-6-13(23)9-12/h2-11,23H,1H3,(H,20,21)(H,22,24)/b19-11-. The van der Waals surface area contributed by atoms with E-state index in [1.54, 1.807) is 31.4 Å². The summed E-state index contributed by atoms with van der Waals surface area (Å²) in [5, 5.41) is 20.1. The van der Waals surface area contributed by atoms with E-state index in [1.807, 2.05) is 24.3 Å². The van der Waals surface area contributed by atoms with Crippen LogP contribution < -0.4 is 10.2 Å². The van der Waals surface area contributed by atoms with E-state index in [2.05, 4.69) is 20.7 Å². The van der Waals surface area contributed by atoms with Crippen molar-refractivity contribution in [1.29, 1.82) is 0 Å². The van der Waals surface area contributed by atoms with E-state index in [0.29, 0.717) is 17.0 Å². The predicted octanol–water partition coefficient (Wildman–Crippen LogP) is 2.55. The van der Waals surface area contributed by atoms with Gasteiger partial charge in [0.1, 0.15) is 17.2 Å². The molecule has 0 saturated carbocycles. The molecule has 1 amide bonds. The lowest BCUT2D eigenvalue weighted by atomic mass is 10.1. The first-order chi connectivity index (χ1) is 12.2. The minimum Gasteiger partial charge on any atom is -0.508 e. The van der Waals surface area contributed by atoms with Gasteiger partial charge in [0.25, 0.3) is 5.91 Å². The van der Waals surface area contributed by atoms with Crippen molar-refractivity contribution < 1.29 is 14.6 Å². The quantitative estimate of drug-likeness (QED) is 0.492. The van der Waals surface area contributed by atoms with Gasteiger partial charge in [0.05, 0.1) is 19.0 Å². The van der Waals surface area contributed by atoms with Gasteiger partial charge in [-0.25, -0.2) is 5.43 Å². The number of nitrogens with zero attached hydrogens (tertiary/aromatic N) is 2. The first-order valence-corrected chi connectivity index (χ1v) is 7.48. The molecular weight excluding hydrogens is 320 g/mol. The SMILES string of the molecule is COc1ccccc1-c1cc(C(=O)N/N=C\c2cccc(O)c2)[nH]n1. The zero-order valence-corrected chi connectivity index (χ0v) is 13.4. The molecule has 1 heterocycles. The number of phenols is 1. The number of hydrazone groups is 1. The maximum Gasteiger partial charge on any atom is 0.289 e. The molecule has 0 aliphatic heterocycles. The largest absolute Gasteiger partial charge is 0.508 e. The Morgan fingerprint density at radius 1 is 1.24 bits per heavy atom. The highest BCUT2D eigenvalue weighted by molar-refractivity contribution is 5.94. The molecule has 0 saturated heterocycles. The molecule has 2 aromatic carbocycles. The second-order valence-electron chi connectivity index (χ2n) is 5.16. The van der Waals surface area contributed by atoms with Crippen molar-refractivity contribution in [2.75, 3.05) is 7.11 Å². The fraction of sp³-hybridized carbons (Fsp3) is 0.0556. The number of ether oxygens (including phenoxy) is 1. The van der Waals surface area contributed by atoms with Crippen molar-refractivity contribution in [2.45, 2.75) is 0 Å². The fourth-order valence-corrected chi connectivity index (χ4v) is 2.26. The average Bonchev–Trinajstić information content (AvgIpc) is 3.12. The number of aromatic hydroxyl groups is 1. The molecule has 0 spiro atoms. The van der Waals surface area contributed by atoms with E-state index >= 15 is 0 Å². The van der Waals surface area contributed by atoms with Gasteiger partial charge < -0.3 is 9.84 Å². The minimum absolute atomic E-state index is 0.130. The molecule has 0 fully saturated rings. The lowest BCUT2D eigenvalue weighted by Crippen LogP contribution is -2.17. The Morgan fingerprint density at radius 3 is 2.88 bits per heavy atom. The summed E-state index contributed by atoms with van der Waals surface area (Å²) in [6.45, 7) is 0. The lowest BCUT2D eigenvalue weighted by Gasteiger charge is -2.04. The van der Waals surface area contributed by atoms with Gasteiger partial charge >= 0.3 is 0 Å². The van der Waals surface area contributed by atoms with E-state index in [1.165, 1.54) is 12.3 Å². The highest BCUT2D eigenvalue weighted by atomic mass is 16.5. The van der Waals surface area contributed by atoms with Crippen LogP contribution >= 0.6 is 0 Å². The van der Waals surface area contributed by atoms with E-state index in [0.717, 1.165) is 5.56 Å². The van der Waals surface area contributed by atoms with Gasteiger partial charge in [-0.2, -0.15) is 10.2 Å². The summed E-state index contributed by atoms with van der Waals surface area (Å²) in [4.78, 5) is 12.1. The Labute approximate surface area is 144 Å². The van der Waals surface area contributed by atoms with Crippen molar-refractivity contribution >= 4 is 12.1 Å². The number of phenolic OH excluding ortho intramolecular Hbond substituents is 1. The molecule has 7 nitrogen and oxygen atoms in total. The number of aromatic nitrogens is 2. The number of rotatable bonds is 5. The van der Waals surface area contributed by atoms with Crippen LogP contribution in [0.25, 0.3) is 11.3 Å². The van der Waals surface area contributed by atoms with Crippen LogP contribution in [-0.2, 0) is 0 Å². The zero-order chi connectivity index (χ0) is 17.6. The molecule has 3 aromatic rings. The van der Waals surface area contributed by atoms with Gasteiger partial charge in [0.2, 0.25) is 0 Å². The van der Waals surface area contributed by atoms with Crippen LogP contribution in [0.15, 0.2) is 59.7 Å². The van der Waals surface area contributed by atoms with Crippen molar-refractivity contribution in [3.63, 3.8) is 0 Å². The number of methoxy groups -OCH3 is 1. The molecule has 7 heteroatoms. The lowest BCUT2D eigenvalue weighted by molar-refractivity contribution is 0.0950. The molecule has 25 heavy (non-hydrogen) atoms. The Hall–Kier alpha value is -3.61. The molecule has 0 radical (unpaired) electrons. The molecule has 3 N–H and O–H groups in total. The van der Waals surface area contributed by atoms with Gasteiger partial charge in [-0.3, -0.25) is 9.89 Å². The van der Waals surface area contributed by atoms with Crippen LogP contribution in [0.5, 0.6) is 11.5 Å². The molecular formula is C18H16N4O3. The third-order valence-electron chi connectivity index (χ3n) is 3.46. The number of para-hydroxylation sites is 1. The minimum atomic E-state index is -0.426. The first kappa shape index (κ1) is 16.3. The number of carbonyl (C=O) groups excluding carboxylic acids is 1. The molecule has 3 rings (SSSR count). The third kappa shape index (κ3) is 3.84. The zero-order valence-electron chi connectivity index (χ0n) is 13.4. The Kier molecular flexibility index (Phi) is 4.75. The van der Waals surface area contributed by atoms with Crippen molar-refractivity contribution in [1.82, 2.24) is 15.6 Å². The summed E-state index contributed by atoms with van der Waals surface area (Å²) < 4.78 is 5.29.